The van der Waals surface area contributed by atoms with Gasteiger partial charge in [0, 0.05) is 19.0 Å². The van der Waals surface area contributed by atoms with Crippen molar-refractivity contribution in [2.75, 3.05) is 6.61 Å². The zero-order chi connectivity index (χ0) is 22.5. The normalized spacial score (nSPS) is 26.2. The Morgan fingerprint density at radius 3 is 2.28 bits per heavy atom. The van der Waals surface area contributed by atoms with Crippen molar-refractivity contribution in [1.29, 1.82) is 0 Å². The molecule has 32 heavy (non-hydrogen) atoms. The van der Waals surface area contributed by atoms with Gasteiger partial charge < -0.3 is 4.74 Å². The SMILES string of the molecule is CCCc1cnc(-c2ccc(C3CCC(C4CCC(CCC)CO4)CC3)c(F)c2F)nc1. The lowest BCUT2D eigenvalue weighted by atomic mass is 9.74. The summed E-state index contributed by atoms with van der Waals surface area (Å²) in [6.07, 6.45) is 14.4. The summed E-state index contributed by atoms with van der Waals surface area (Å²) in [6.45, 7) is 5.21. The number of hydrogen-bond donors (Lipinski definition) is 0. The fourth-order valence-electron chi connectivity index (χ4n) is 5.60. The van der Waals surface area contributed by atoms with E-state index in [0.717, 1.165) is 63.0 Å². The lowest BCUT2D eigenvalue weighted by Crippen LogP contribution is -2.34. The Balaban J connectivity index is 1.38. The number of ether oxygens (including phenoxy) is 1. The molecule has 5 heteroatoms. The highest BCUT2D eigenvalue weighted by Gasteiger charge is 2.33. The second-order valence-electron chi connectivity index (χ2n) is 9.71. The van der Waals surface area contributed by atoms with E-state index in [2.05, 4.69) is 23.8 Å². The molecule has 1 aliphatic carbocycles. The fraction of sp³-hybridized carbons (Fsp3) is 0.630. The van der Waals surface area contributed by atoms with Crippen molar-refractivity contribution < 1.29 is 13.5 Å². The average Bonchev–Trinajstić information content (AvgIpc) is 2.83. The summed E-state index contributed by atoms with van der Waals surface area (Å²) in [5, 5.41) is 0. The van der Waals surface area contributed by atoms with Gasteiger partial charge in [-0.1, -0.05) is 32.8 Å². The monoisotopic (exact) mass is 442 g/mol. The zero-order valence-corrected chi connectivity index (χ0v) is 19.5. The van der Waals surface area contributed by atoms with Crippen molar-refractivity contribution in [2.24, 2.45) is 11.8 Å². The van der Waals surface area contributed by atoms with Crippen LogP contribution in [0.2, 0.25) is 0 Å². The number of rotatable bonds is 7. The van der Waals surface area contributed by atoms with Crippen LogP contribution in [0.4, 0.5) is 8.78 Å². The largest absolute Gasteiger partial charge is 0.378 e. The molecular weight excluding hydrogens is 406 g/mol. The zero-order valence-electron chi connectivity index (χ0n) is 19.5. The third-order valence-corrected chi connectivity index (χ3v) is 7.44. The highest BCUT2D eigenvalue weighted by atomic mass is 19.2. The van der Waals surface area contributed by atoms with Gasteiger partial charge in [0.15, 0.2) is 17.5 Å². The number of nitrogens with zero attached hydrogens (tertiary/aromatic N) is 2. The topological polar surface area (TPSA) is 35.0 Å². The summed E-state index contributed by atoms with van der Waals surface area (Å²) in [5.41, 5.74) is 1.65. The third kappa shape index (κ3) is 5.19. The van der Waals surface area contributed by atoms with Gasteiger partial charge in [-0.25, -0.2) is 18.7 Å². The van der Waals surface area contributed by atoms with Gasteiger partial charge in [0.2, 0.25) is 0 Å². The van der Waals surface area contributed by atoms with Gasteiger partial charge in [-0.05, 0) is 86.3 Å². The van der Waals surface area contributed by atoms with E-state index < -0.39 is 11.6 Å². The number of halogens is 2. The minimum absolute atomic E-state index is 0.0686. The van der Waals surface area contributed by atoms with Crippen molar-refractivity contribution in [3.63, 3.8) is 0 Å². The molecule has 3 nitrogen and oxygen atoms in total. The predicted molar refractivity (Wildman–Crippen MR) is 123 cm³/mol. The van der Waals surface area contributed by atoms with E-state index in [4.69, 9.17) is 4.74 Å². The van der Waals surface area contributed by atoms with Crippen LogP contribution in [0.3, 0.4) is 0 Å². The van der Waals surface area contributed by atoms with Crippen molar-refractivity contribution in [3.05, 3.63) is 47.3 Å². The predicted octanol–water partition coefficient (Wildman–Crippen LogP) is 7.24. The maximum atomic E-state index is 15.0. The van der Waals surface area contributed by atoms with Crippen LogP contribution in [0.15, 0.2) is 24.5 Å². The van der Waals surface area contributed by atoms with Crippen LogP contribution in [0.1, 0.15) is 88.7 Å². The van der Waals surface area contributed by atoms with Gasteiger partial charge in [0.1, 0.15) is 0 Å². The van der Waals surface area contributed by atoms with E-state index >= 15 is 4.39 Å². The average molecular weight is 443 g/mol. The molecule has 2 aromatic rings. The van der Waals surface area contributed by atoms with Crippen LogP contribution in [0.25, 0.3) is 11.4 Å². The summed E-state index contributed by atoms with van der Waals surface area (Å²) in [7, 11) is 0. The van der Waals surface area contributed by atoms with Crippen LogP contribution >= 0.6 is 0 Å². The van der Waals surface area contributed by atoms with E-state index in [9.17, 15) is 4.39 Å². The van der Waals surface area contributed by atoms with Crippen LogP contribution in [0, 0.1) is 23.5 Å². The highest BCUT2D eigenvalue weighted by molar-refractivity contribution is 5.57. The smallest absolute Gasteiger partial charge is 0.170 e. The Morgan fingerprint density at radius 1 is 0.906 bits per heavy atom. The maximum absolute atomic E-state index is 15.0. The van der Waals surface area contributed by atoms with Crippen molar-refractivity contribution >= 4 is 0 Å². The lowest BCUT2D eigenvalue weighted by molar-refractivity contribution is -0.0576. The molecule has 1 saturated heterocycles. The lowest BCUT2D eigenvalue weighted by Gasteiger charge is -2.38. The standard InChI is InChI=1S/C27H36F2N2O/c1-3-5-18-7-14-24(32-17-18)21-10-8-20(9-11-21)22-12-13-23(26(29)25(22)28)27-30-15-19(6-4-2)16-31-27/h12-13,15-16,18,20-21,24H,3-11,14,17H2,1-2H3. The molecule has 2 atom stereocenters. The number of hydrogen-bond acceptors (Lipinski definition) is 3. The van der Waals surface area contributed by atoms with Crippen molar-refractivity contribution in [2.45, 2.75) is 90.1 Å². The Morgan fingerprint density at radius 2 is 1.66 bits per heavy atom. The first-order valence-electron chi connectivity index (χ1n) is 12.5. The van der Waals surface area contributed by atoms with Gasteiger partial charge in [-0.2, -0.15) is 0 Å². The molecule has 4 rings (SSSR count). The Hall–Kier alpha value is -1.88. The number of aryl methyl sites for hydroxylation is 1. The van der Waals surface area contributed by atoms with Crippen LogP contribution in [-0.4, -0.2) is 22.7 Å². The summed E-state index contributed by atoms with van der Waals surface area (Å²) in [6, 6.07) is 3.39. The van der Waals surface area contributed by atoms with E-state index in [1.807, 2.05) is 0 Å². The summed E-state index contributed by atoms with van der Waals surface area (Å²) in [5.74, 6) is 0.0198. The second kappa shape index (κ2) is 10.8. The molecule has 1 aromatic heterocycles. The Bertz CT molecular complexity index is 870. The van der Waals surface area contributed by atoms with Crippen LogP contribution < -0.4 is 0 Å². The third-order valence-electron chi connectivity index (χ3n) is 7.44. The molecule has 2 heterocycles. The van der Waals surface area contributed by atoms with Crippen LogP contribution in [-0.2, 0) is 11.2 Å². The Kier molecular flexibility index (Phi) is 7.88. The molecule has 2 fully saturated rings. The van der Waals surface area contributed by atoms with Gasteiger partial charge in [0.05, 0.1) is 11.7 Å². The Labute approximate surface area is 191 Å². The quantitative estimate of drug-likeness (QED) is 0.453. The second-order valence-corrected chi connectivity index (χ2v) is 9.71. The fourth-order valence-corrected chi connectivity index (χ4v) is 5.60. The van der Waals surface area contributed by atoms with Gasteiger partial charge in [-0.3, -0.25) is 0 Å². The molecule has 174 valence electrons. The first kappa shape index (κ1) is 23.3. The molecule has 0 amide bonds. The first-order chi connectivity index (χ1) is 15.6. The minimum atomic E-state index is -0.828. The minimum Gasteiger partial charge on any atom is -0.378 e. The molecule has 0 spiro atoms. The molecule has 2 unspecified atom stereocenters. The molecule has 1 aromatic carbocycles. The molecule has 1 aliphatic heterocycles. The molecule has 0 bridgehead atoms. The molecular formula is C27H36F2N2O. The molecule has 1 saturated carbocycles. The van der Waals surface area contributed by atoms with E-state index in [-0.39, 0.29) is 17.3 Å². The number of aromatic nitrogens is 2. The van der Waals surface area contributed by atoms with Crippen LogP contribution in [0.5, 0.6) is 0 Å². The molecule has 0 radical (unpaired) electrons. The summed E-state index contributed by atoms with van der Waals surface area (Å²) >= 11 is 0. The van der Waals surface area contributed by atoms with Gasteiger partial charge in [0.25, 0.3) is 0 Å². The first-order valence-corrected chi connectivity index (χ1v) is 12.5. The van der Waals surface area contributed by atoms with Crippen molar-refractivity contribution in [3.8, 4) is 11.4 Å². The van der Waals surface area contributed by atoms with E-state index in [1.165, 1.54) is 19.3 Å². The van der Waals surface area contributed by atoms with Gasteiger partial charge >= 0.3 is 0 Å². The molecule has 0 N–H and O–H groups in total. The maximum Gasteiger partial charge on any atom is 0.170 e. The van der Waals surface area contributed by atoms with E-state index in [0.29, 0.717) is 17.6 Å². The molecule has 2 aliphatic rings. The van der Waals surface area contributed by atoms with Crippen molar-refractivity contribution in [1.82, 2.24) is 9.97 Å². The number of benzene rings is 1. The summed E-state index contributed by atoms with van der Waals surface area (Å²) < 4.78 is 36.2. The summed E-state index contributed by atoms with van der Waals surface area (Å²) in [4.78, 5) is 8.52. The highest BCUT2D eigenvalue weighted by Crippen LogP contribution is 2.42. The van der Waals surface area contributed by atoms with Gasteiger partial charge in [-0.15, -0.1) is 0 Å². The van der Waals surface area contributed by atoms with E-state index in [1.54, 1.807) is 24.5 Å².